The Labute approximate surface area is 276 Å². The summed E-state index contributed by atoms with van der Waals surface area (Å²) >= 11 is 6.20. The van der Waals surface area contributed by atoms with Gasteiger partial charge in [0.15, 0.2) is 0 Å². The highest BCUT2D eigenvalue weighted by Gasteiger charge is 2.51. The summed E-state index contributed by atoms with van der Waals surface area (Å²) in [6, 6.07) is 31.8. The number of benzene rings is 3. The molecule has 0 aliphatic rings. The molecule has 10 heteroatoms. The molecule has 0 spiro atoms. The van der Waals surface area contributed by atoms with Crippen molar-refractivity contribution in [3.05, 3.63) is 119 Å². The molecule has 0 aliphatic heterocycles. The Balaban J connectivity index is 1.32. The van der Waals surface area contributed by atoms with Crippen LogP contribution in [-0.2, 0) is 11.0 Å². The number of carbonyl (C=O) groups excluding carboxylic acids is 1. The summed E-state index contributed by atoms with van der Waals surface area (Å²) in [5.41, 5.74) is 3.04. The van der Waals surface area contributed by atoms with E-state index >= 15 is 0 Å². The predicted molar refractivity (Wildman–Crippen MR) is 185 cm³/mol. The summed E-state index contributed by atoms with van der Waals surface area (Å²) in [7, 11) is -2.81. The fourth-order valence-electron chi connectivity index (χ4n) is 5.90. The molecular formula is C36H39ClN6O2Si. The lowest BCUT2D eigenvalue weighted by molar-refractivity contribution is 0.0931. The fraction of sp³-hybridized carbons (Fsp3) is 0.278. The SMILES string of the molecule is CCC(O[Si](c1ccccc1)(c1ccccc1)C(C)(C)C)c1cc(C(=O)N[C@@H](C)Cn2ccc(-c3ccc(C#N)c(Cl)c3)n2)n[nH]1. The maximum absolute atomic E-state index is 13.3. The third kappa shape index (κ3) is 6.85. The van der Waals surface area contributed by atoms with Crippen LogP contribution in [0.2, 0.25) is 10.1 Å². The van der Waals surface area contributed by atoms with Crippen molar-refractivity contribution in [2.75, 3.05) is 0 Å². The summed E-state index contributed by atoms with van der Waals surface area (Å²) in [6.07, 6.45) is 2.26. The first-order chi connectivity index (χ1) is 22.1. The van der Waals surface area contributed by atoms with Gasteiger partial charge in [0.05, 0.1) is 34.6 Å². The largest absolute Gasteiger partial charge is 0.399 e. The van der Waals surface area contributed by atoms with Crippen molar-refractivity contribution >= 4 is 36.2 Å². The minimum Gasteiger partial charge on any atom is -0.399 e. The molecule has 2 N–H and O–H groups in total. The summed E-state index contributed by atoms with van der Waals surface area (Å²) in [5.74, 6) is -0.276. The average molecular weight is 651 g/mol. The number of nitrogens with one attached hydrogen (secondary N) is 2. The van der Waals surface area contributed by atoms with Crippen molar-refractivity contribution in [3.8, 4) is 17.3 Å². The van der Waals surface area contributed by atoms with Gasteiger partial charge >= 0.3 is 0 Å². The zero-order valence-corrected chi connectivity index (χ0v) is 28.5. The third-order valence-electron chi connectivity index (χ3n) is 8.15. The molecule has 5 aromatic rings. The maximum atomic E-state index is 13.3. The molecular weight excluding hydrogens is 612 g/mol. The van der Waals surface area contributed by atoms with Crippen molar-refractivity contribution in [2.24, 2.45) is 0 Å². The van der Waals surface area contributed by atoms with Gasteiger partial charge < -0.3 is 9.74 Å². The van der Waals surface area contributed by atoms with Gasteiger partial charge in [-0.2, -0.15) is 15.5 Å². The lowest BCUT2D eigenvalue weighted by atomic mass is 10.1. The lowest BCUT2D eigenvalue weighted by Gasteiger charge is -2.45. The maximum Gasteiger partial charge on any atom is 0.272 e. The zero-order valence-electron chi connectivity index (χ0n) is 26.8. The second-order valence-electron chi connectivity index (χ2n) is 12.5. The third-order valence-corrected chi connectivity index (χ3v) is 13.5. The van der Waals surface area contributed by atoms with Gasteiger partial charge in [-0.05, 0) is 53.0 Å². The van der Waals surface area contributed by atoms with E-state index in [2.05, 4.69) is 103 Å². The monoisotopic (exact) mass is 650 g/mol. The second kappa shape index (κ2) is 13.9. The van der Waals surface area contributed by atoms with Crippen LogP contribution in [0.5, 0.6) is 0 Å². The number of nitriles is 1. The molecule has 3 aromatic carbocycles. The first kappa shape index (κ1) is 32.9. The van der Waals surface area contributed by atoms with Crippen LogP contribution in [-0.4, -0.2) is 40.2 Å². The number of aromatic nitrogens is 4. The molecule has 5 rings (SSSR count). The molecule has 0 radical (unpaired) electrons. The topological polar surface area (TPSA) is 109 Å². The normalized spacial score (nSPS) is 13.2. The Bertz CT molecular complexity index is 1790. The standard InChI is InChI=1S/C36H39ClN6O2Si/c1-6-34(45-46(36(3,4)5,28-13-9-7-10-14-28)29-15-11-8-12-16-29)32-22-33(41-40-32)35(44)39-25(2)24-43-20-19-31(42-43)26-17-18-27(23-38)30(37)21-26/h7-22,25,34H,6,24H2,1-5H3,(H,39,44)(H,40,41)/t25-,34?/m0/s1. The van der Waals surface area contributed by atoms with Crippen LogP contribution in [0.25, 0.3) is 11.3 Å². The minimum atomic E-state index is -2.81. The van der Waals surface area contributed by atoms with Crippen LogP contribution in [0.1, 0.15) is 68.9 Å². The highest BCUT2D eigenvalue weighted by molar-refractivity contribution is 6.99. The Morgan fingerprint density at radius 2 is 1.70 bits per heavy atom. The molecule has 0 aliphatic carbocycles. The van der Waals surface area contributed by atoms with Gasteiger partial charge in [0.1, 0.15) is 11.8 Å². The predicted octanol–water partition coefficient (Wildman–Crippen LogP) is 6.64. The zero-order chi connectivity index (χ0) is 32.9. The average Bonchev–Trinajstić information content (AvgIpc) is 3.73. The summed E-state index contributed by atoms with van der Waals surface area (Å²) in [5, 5.41) is 26.9. The molecule has 0 saturated heterocycles. The van der Waals surface area contributed by atoms with E-state index in [1.54, 1.807) is 22.9 Å². The van der Waals surface area contributed by atoms with E-state index in [1.165, 1.54) is 10.4 Å². The van der Waals surface area contributed by atoms with E-state index in [9.17, 15) is 4.79 Å². The molecule has 8 nitrogen and oxygen atoms in total. The number of hydrogen-bond acceptors (Lipinski definition) is 5. The number of aromatic amines is 1. The van der Waals surface area contributed by atoms with Crippen LogP contribution in [0, 0.1) is 11.3 Å². The molecule has 0 fully saturated rings. The smallest absolute Gasteiger partial charge is 0.272 e. The summed E-state index contributed by atoms with van der Waals surface area (Å²) in [6.45, 7) is 11.2. The number of nitrogens with zero attached hydrogens (tertiary/aromatic N) is 4. The van der Waals surface area contributed by atoms with E-state index in [-0.39, 0.29) is 23.1 Å². The molecule has 0 saturated carbocycles. The van der Waals surface area contributed by atoms with Crippen LogP contribution < -0.4 is 15.7 Å². The first-order valence-corrected chi connectivity index (χ1v) is 17.7. The van der Waals surface area contributed by atoms with E-state index < -0.39 is 8.32 Å². The number of carbonyl (C=O) groups is 1. The molecule has 46 heavy (non-hydrogen) atoms. The Kier molecular flexibility index (Phi) is 9.92. The number of rotatable bonds is 11. The van der Waals surface area contributed by atoms with E-state index in [0.29, 0.717) is 29.2 Å². The number of H-pyrrole nitrogens is 1. The molecule has 0 bridgehead atoms. The Morgan fingerprint density at radius 3 is 2.26 bits per heavy atom. The van der Waals surface area contributed by atoms with Crippen molar-refractivity contribution in [1.82, 2.24) is 25.3 Å². The summed E-state index contributed by atoms with van der Waals surface area (Å²) in [4.78, 5) is 13.3. The quantitative estimate of drug-likeness (QED) is 0.156. The fourth-order valence-corrected chi connectivity index (χ4v) is 10.9. The van der Waals surface area contributed by atoms with Crippen molar-refractivity contribution in [1.29, 1.82) is 5.26 Å². The molecule has 2 heterocycles. The van der Waals surface area contributed by atoms with Gasteiger partial charge in [0.25, 0.3) is 14.2 Å². The van der Waals surface area contributed by atoms with Crippen molar-refractivity contribution in [2.45, 2.75) is 64.8 Å². The van der Waals surface area contributed by atoms with Crippen LogP contribution >= 0.6 is 11.6 Å². The van der Waals surface area contributed by atoms with Crippen molar-refractivity contribution < 1.29 is 9.22 Å². The first-order valence-electron chi connectivity index (χ1n) is 15.4. The van der Waals surface area contributed by atoms with Gasteiger partial charge in [0.2, 0.25) is 0 Å². The van der Waals surface area contributed by atoms with Gasteiger partial charge in [-0.1, -0.05) is 106 Å². The number of amides is 1. The number of hydrogen-bond donors (Lipinski definition) is 2. The Morgan fingerprint density at radius 1 is 1.04 bits per heavy atom. The minimum absolute atomic E-state index is 0.183. The van der Waals surface area contributed by atoms with Crippen molar-refractivity contribution in [3.63, 3.8) is 0 Å². The lowest BCUT2D eigenvalue weighted by Crippen LogP contribution is -2.66. The van der Waals surface area contributed by atoms with Gasteiger partial charge in [-0.3, -0.25) is 14.6 Å². The summed E-state index contributed by atoms with van der Waals surface area (Å²) < 4.78 is 9.09. The molecule has 1 amide bonds. The molecule has 2 atom stereocenters. The van der Waals surface area contributed by atoms with E-state index in [0.717, 1.165) is 17.0 Å². The molecule has 1 unspecified atom stereocenters. The number of halogens is 1. The highest BCUT2D eigenvalue weighted by atomic mass is 35.5. The highest BCUT2D eigenvalue weighted by Crippen LogP contribution is 2.40. The van der Waals surface area contributed by atoms with Crippen LogP contribution in [0.15, 0.2) is 97.2 Å². The second-order valence-corrected chi connectivity index (χ2v) is 17.2. The van der Waals surface area contributed by atoms with Gasteiger partial charge in [-0.15, -0.1) is 0 Å². The van der Waals surface area contributed by atoms with Crippen LogP contribution in [0.4, 0.5) is 0 Å². The molecule has 236 valence electrons. The van der Waals surface area contributed by atoms with Crippen LogP contribution in [0.3, 0.4) is 0 Å². The van der Waals surface area contributed by atoms with Gasteiger partial charge in [-0.25, -0.2) is 0 Å². The molecule has 2 aromatic heterocycles. The van der Waals surface area contributed by atoms with E-state index in [4.69, 9.17) is 21.3 Å². The Hall–Kier alpha value is -4.49. The van der Waals surface area contributed by atoms with E-state index in [1.807, 2.05) is 37.4 Å². The van der Waals surface area contributed by atoms with Gasteiger partial charge in [0, 0.05) is 17.8 Å².